The molecule has 8 rings (SSSR count). The molecule has 304 valence electrons. The topological polar surface area (TPSA) is 70.5 Å². The first-order valence-corrected chi connectivity index (χ1v) is 18.5. The zero-order valence-electron chi connectivity index (χ0n) is 32.7. The molecule has 0 bridgehead atoms. The van der Waals surface area contributed by atoms with E-state index in [1.54, 1.807) is 28.1 Å². The van der Waals surface area contributed by atoms with Gasteiger partial charge in [0.15, 0.2) is 0 Å². The first-order valence-electron chi connectivity index (χ1n) is 18.5. The molecule has 6 aromatic carbocycles. The van der Waals surface area contributed by atoms with Crippen LogP contribution in [0, 0.1) is 13.8 Å². The third kappa shape index (κ3) is 9.28. The zero-order chi connectivity index (χ0) is 42.6. The molecular formula is C48H36F6N2O4. The molecule has 0 saturated carbocycles. The Kier molecular flexibility index (Phi) is 11.7. The summed E-state index contributed by atoms with van der Waals surface area (Å²) in [4.78, 5) is 9.04. The third-order valence-electron chi connectivity index (χ3n) is 9.65. The van der Waals surface area contributed by atoms with Gasteiger partial charge in [0, 0.05) is 22.3 Å². The number of hydrogen-bond donors (Lipinski definition) is 0. The van der Waals surface area contributed by atoms with Gasteiger partial charge >= 0.3 is 12.4 Å². The van der Waals surface area contributed by atoms with Crippen LogP contribution in [0.3, 0.4) is 0 Å². The van der Waals surface area contributed by atoms with Crippen molar-refractivity contribution in [3.8, 4) is 79.2 Å². The van der Waals surface area contributed by atoms with E-state index in [2.05, 4.69) is 9.97 Å². The number of alkyl halides is 6. The largest absolute Gasteiger partial charge is 0.497 e. The fourth-order valence-corrected chi connectivity index (χ4v) is 6.41. The highest BCUT2D eigenvalue weighted by atomic mass is 19.4. The average Bonchev–Trinajstić information content (AvgIpc) is 3.86. The quantitative estimate of drug-likeness (QED) is 0.142. The van der Waals surface area contributed by atoms with Crippen LogP contribution in [0.1, 0.15) is 22.6 Å². The number of benzene rings is 6. The predicted molar refractivity (Wildman–Crippen MR) is 218 cm³/mol. The van der Waals surface area contributed by atoms with Gasteiger partial charge in [-0.05, 0) is 115 Å². The highest BCUT2D eigenvalue weighted by Crippen LogP contribution is 2.36. The molecule has 0 aliphatic rings. The molecule has 2 heterocycles. The second-order valence-electron chi connectivity index (χ2n) is 13.6. The minimum absolute atomic E-state index is 0.283. The number of aromatic nitrogens is 2. The standard InChI is InChI=1S/2C24H18F3NO2/c1-15-22(28-23(30-15)19-7-11-20(12-8-19)24(25,26)27)18-5-3-16(4-6-18)17-9-13-21(29-2)14-10-17;1-15-22(28-23(30-15)17-6-10-20(11-7-17)24(25,26)27)19-5-3-4-18(14-19)16-8-12-21(29-2)13-9-16/h2*3-14H,1-2H3. The Morgan fingerprint density at radius 3 is 1.13 bits per heavy atom. The summed E-state index contributed by atoms with van der Waals surface area (Å²) in [6.07, 6.45) is -8.75. The molecular weight excluding hydrogens is 783 g/mol. The highest BCUT2D eigenvalue weighted by molar-refractivity contribution is 5.74. The normalized spacial score (nSPS) is 11.5. The minimum Gasteiger partial charge on any atom is -0.497 e. The van der Waals surface area contributed by atoms with E-state index in [4.69, 9.17) is 18.3 Å². The Hall–Kier alpha value is -7.08. The van der Waals surface area contributed by atoms with Crippen LogP contribution in [0.2, 0.25) is 0 Å². The maximum atomic E-state index is 12.8. The number of halogens is 6. The maximum Gasteiger partial charge on any atom is 0.416 e. The van der Waals surface area contributed by atoms with Crippen LogP contribution in [0.4, 0.5) is 26.3 Å². The lowest BCUT2D eigenvalue weighted by atomic mass is 10.0. The molecule has 0 spiro atoms. The molecule has 0 fully saturated rings. The summed E-state index contributed by atoms with van der Waals surface area (Å²) in [5, 5.41) is 0. The first kappa shape index (κ1) is 41.1. The van der Waals surface area contributed by atoms with E-state index in [9.17, 15) is 26.3 Å². The summed E-state index contributed by atoms with van der Waals surface area (Å²) >= 11 is 0. The van der Waals surface area contributed by atoms with Crippen molar-refractivity contribution in [3.63, 3.8) is 0 Å². The van der Waals surface area contributed by atoms with Crippen LogP contribution in [-0.4, -0.2) is 24.2 Å². The van der Waals surface area contributed by atoms with Crippen molar-refractivity contribution >= 4 is 0 Å². The fraction of sp³-hybridized carbons (Fsp3) is 0.125. The Labute approximate surface area is 341 Å². The number of nitrogens with zero attached hydrogens (tertiary/aromatic N) is 2. The Morgan fingerprint density at radius 1 is 0.400 bits per heavy atom. The van der Waals surface area contributed by atoms with Gasteiger partial charge in [0.2, 0.25) is 11.8 Å². The molecule has 0 aliphatic heterocycles. The Balaban J connectivity index is 0.000000181. The third-order valence-corrected chi connectivity index (χ3v) is 9.65. The lowest BCUT2D eigenvalue weighted by Gasteiger charge is -2.06. The van der Waals surface area contributed by atoms with E-state index in [1.165, 1.54) is 24.3 Å². The van der Waals surface area contributed by atoms with Gasteiger partial charge in [-0.3, -0.25) is 0 Å². The number of ether oxygens (including phenoxy) is 2. The van der Waals surface area contributed by atoms with Gasteiger partial charge in [0.25, 0.3) is 0 Å². The monoisotopic (exact) mass is 818 g/mol. The second-order valence-corrected chi connectivity index (χ2v) is 13.6. The van der Waals surface area contributed by atoms with Crippen molar-refractivity contribution in [3.05, 3.63) is 168 Å². The number of methoxy groups -OCH3 is 2. The number of oxazole rings is 2. The first-order chi connectivity index (χ1) is 28.7. The van der Waals surface area contributed by atoms with Crippen LogP contribution in [0.5, 0.6) is 11.5 Å². The lowest BCUT2D eigenvalue weighted by molar-refractivity contribution is -0.138. The van der Waals surface area contributed by atoms with Gasteiger partial charge in [-0.2, -0.15) is 26.3 Å². The van der Waals surface area contributed by atoms with Gasteiger partial charge in [0.1, 0.15) is 34.4 Å². The van der Waals surface area contributed by atoms with Crippen molar-refractivity contribution in [2.75, 3.05) is 14.2 Å². The molecule has 0 radical (unpaired) electrons. The summed E-state index contributed by atoms with van der Waals surface area (Å²) in [6.45, 7) is 3.57. The number of hydrogen-bond acceptors (Lipinski definition) is 6. The summed E-state index contributed by atoms with van der Waals surface area (Å²) in [5.74, 6) is 3.34. The van der Waals surface area contributed by atoms with E-state index in [0.29, 0.717) is 34.0 Å². The van der Waals surface area contributed by atoms with Crippen LogP contribution < -0.4 is 9.47 Å². The van der Waals surface area contributed by atoms with Crippen molar-refractivity contribution in [2.45, 2.75) is 26.2 Å². The summed E-state index contributed by atoms with van der Waals surface area (Å²) in [6, 6.07) is 40.8. The van der Waals surface area contributed by atoms with Gasteiger partial charge in [-0.1, -0.05) is 66.7 Å². The van der Waals surface area contributed by atoms with Gasteiger partial charge in [-0.25, -0.2) is 9.97 Å². The van der Waals surface area contributed by atoms with Crippen LogP contribution in [-0.2, 0) is 12.4 Å². The van der Waals surface area contributed by atoms with Gasteiger partial charge in [0.05, 0.1) is 25.3 Å². The van der Waals surface area contributed by atoms with Crippen molar-refractivity contribution in [2.24, 2.45) is 0 Å². The summed E-state index contributed by atoms with van der Waals surface area (Å²) in [7, 11) is 3.25. The fourth-order valence-electron chi connectivity index (χ4n) is 6.41. The Bertz CT molecular complexity index is 2680. The summed E-state index contributed by atoms with van der Waals surface area (Å²) < 4.78 is 98.5. The molecule has 8 aromatic rings. The Morgan fingerprint density at radius 2 is 0.733 bits per heavy atom. The molecule has 6 nitrogen and oxygen atoms in total. The molecule has 0 saturated heterocycles. The minimum atomic E-state index is -4.38. The van der Waals surface area contributed by atoms with Gasteiger partial charge < -0.3 is 18.3 Å². The number of aryl methyl sites for hydroxylation is 2. The molecule has 12 heteroatoms. The van der Waals surface area contributed by atoms with Crippen LogP contribution in [0.25, 0.3) is 67.7 Å². The van der Waals surface area contributed by atoms with Crippen LogP contribution >= 0.6 is 0 Å². The molecule has 2 aromatic heterocycles. The van der Waals surface area contributed by atoms with E-state index in [-0.39, 0.29) is 11.8 Å². The van der Waals surface area contributed by atoms with Crippen molar-refractivity contribution in [1.82, 2.24) is 9.97 Å². The molecule has 0 N–H and O–H groups in total. The zero-order valence-corrected chi connectivity index (χ0v) is 32.7. The molecule has 0 amide bonds. The highest BCUT2D eigenvalue weighted by Gasteiger charge is 2.31. The molecule has 0 aliphatic carbocycles. The maximum absolute atomic E-state index is 12.8. The van der Waals surface area contributed by atoms with Gasteiger partial charge in [-0.15, -0.1) is 0 Å². The number of rotatable bonds is 8. The molecule has 60 heavy (non-hydrogen) atoms. The van der Waals surface area contributed by atoms with Crippen molar-refractivity contribution in [1.29, 1.82) is 0 Å². The van der Waals surface area contributed by atoms with E-state index in [0.717, 1.165) is 69.1 Å². The smallest absolute Gasteiger partial charge is 0.416 e. The molecule has 0 unspecified atom stereocenters. The van der Waals surface area contributed by atoms with E-state index in [1.807, 2.05) is 97.1 Å². The van der Waals surface area contributed by atoms with Crippen molar-refractivity contribution < 1.29 is 44.7 Å². The van der Waals surface area contributed by atoms with Crippen LogP contribution in [0.15, 0.2) is 154 Å². The van der Waals surface area contributed by atoms with E-state index >= 15 is 0 Å². The SMILES string of the molecule is COc1ccc(-c2ccc(-c3nc(-c4ccc(C(F)(F)F)cc4)oc3C)cc2)cc1.COc1ccc(-c2cccc(-c3nc(-c4ccc(C(F)(F)F)cc4)oc3C)c2)cc1. The van der Waals surface area contributed by atoms with E-state index < -0.39 is 23.5 Å². The molecule has 0 atom stereocenters. The predicted octanol–water partition coefficient (Wildman–Crippen LogP) is 14.0. The lowest BCUT2D eigenvalue weighted by Crippen LogP contribution is -2.03. The summed E-state index contributed by atoms with van der Waals surface area (Å²) in [5.41, 5.74) is 6.76. The average molecular weight is 819 g/mol. The second kappa shape index (κ2) is 17.0.